The third-order valence-electron chi connectivity index (χ3n) is 8.93. The van der Waals surface area contributed by atoms with Gasteiger partial charge in [-0.05, 0) is 51.0 Å². The molecule has 276 valence electrons. The maximum absolute atomic E-state index is 13.7. The molecule has 0 spiro atoms. The number of hydrogen-bond donors (Lipinski definition) is 5. The fraction of sp³-hybridized carbons (Fsp3) is 0.629. The van der Waals surface area contributed by atoms with Gasteiger partial charge < -0.3 is 41.1 Å². The molecule has 2 aliphatic heterocycles. The Balaban J connectivity index is 1.76. The van der Waals surface area contributed by atoms with Crippen molar-refractivity contribution in [3.05, 3.63) is 35.9 Å². The zero-order valence-corrected chi connectivity index (χ0v) is 29.8. The first-order valence-electron chi connectivity index (χ1n) is 17.4. The largest absolute Gasteiger partial charge is 0.372 e. The fourth-order valence-electron chi connectivity index (χ4n) is 5.88. The summed E-state index contributed by atoms with van der Waals surface area (Å²) < 4.78 is 5.21. The van der Waals surface area contributed by atoms with Crippen LogP contribution in [0.1, 0.15) is 58.9 Å². The number of amides is 7. The average molecular weight is 700 g/mol. The van der Waals surface area contributed by atoms with Crippen LogP contribution in [0.25, 0.3) is 0 Å². The van der Waals surface area contributed by atoms with Gasteiger partial charge in [0.15, 0.2) is 0 Å². The predicted molar refractivity (Wildman–Crippen MR) is 184 cm³/mol. The van der Waals surface area contributed by atoms with Crippen LogP contribution in [0.4, 0.5) is 0 Å². The molecule has 0 saturated carbocycles. The Morgan fingerprint density at radius 3 is 2.26 bits per heavy atom. The quantitative estimate of drug-likeness (QED) is 0.239. The van der Waals surface area contributed by atoms with Gasteiger partial charge in [0.2, 0.25) is 41.4 Å². The van der Waals surface area contributed by atoms with Gasteiger partial charge in [0, 0.05) is 45.6 Å². The van der Waals surface area contributed by atoms with Crippen LogP contribution in [0.2, 0.25) is 0 Å². The smallest absolute Gasteiger partial charge is 0.248 e. The normalized spacial score (nSPS) is 24.0. The van der Waals surface area contributed by atoms with Crippen molar-refractivity contribution in [3.63, 3.8) is 0 Å². The van der Waals surface area contributed by atoms with E-state index >= 15 is 0 Å². The number of benzene rings is 1. The minimum atomic E-state index is -1.07. The molecule has 15 nitrogen and oxygen atoms in total. The molecule has 2 aliphatic rings. The Hall–Kier alpha value is -4.53. The number of nitrogens with one attached hydrogen (secondary N) is 5. The predicted octanol–water partition coefficient (Wildman–Crippen LogP) is -0.512. The fourth-order valence-corrected chi connectivity index (χ4v) is 5.88. The number of hydrogen-bond acceptors (Lipinski definition) is 8. The molecule has 3 rings (SSSR count). The number of carbonyl (C=O) groups is 7. The van der Waals surface area contributed by atoms with Gasteiger partial charge in [-0.25, -0.2) is 0 Å². The molecule has 1 aromatic rings. The standard InChI is InChI=1S/C35H53N7O8/c1-6-50-21-29(44)42-17-14-25(15-18-42)32(46)38-26-13-10-16-36-28(43)20-41(5)35(49)27(19-24-11-8-7-9-12-24)39-31(45)23(4)37-34(48)30(22(2)3)40-33(26)47/h7-9,11-12,22-23,25-27,30H,6,10,13-21H2,1-5H3,(H,36,43)(H,37,48)(H,38,46)(H,39,45)(H,40,47)/t23-,26+,27+,30-/m1/s1. The molecule has 7 amide bonds. The number of likely N-dealkylation sites (tertiary alicyclic amines) is 1. The highest BCUT2D eigenvalue weighted by Gasteiger charge is 2.34. The van der Waals surface area contributed by atoms with Crippen LogP contribution >= 0.6 is 0 Å². The van der Waals surface area contributed by atoms with Crippen LogP contribution in [0.15, 0.2) is 30.3 Å². The van der Waals surface area contributed by atoms with E-state index in [4.69, 9.17) is 4.74 Å². The topological polar surface area (TPSA) is 195 Å². The van der Waals surface area contributed by atoms with Crippen molar-refractivity contribution in [1.29, 1.82) is 0 Å². The summed E-state index contributed by atoms with van der Waals surface area (Å²) in [7, 11) is 1.47. The van der Waals surface area contributed by atoms with Crippen LogP contribution in [0, 0.1) is 11.8 Å². The molecule has 4 atom stereocenters. The molecule has 2 fully saturated rings. The summed E-state index contributed by atoms with van der Waals surface area (Å²) in [6, 6.07) is 4.98. The molecule has 0 unspecified atom stereocenters. The Bertz CT molecular complexity index is 1350. The van der Waals surface area contributed by atoms with Crippen LogP contribution < -0.4 is 26.6 Å². The highest BCUT2D eigenvalue weighted by atomic mass is 16.5. The van der Waals surface area contributed by atoms with Crippen LogP contribution in [-0.2, 0) is 44.7 Å². The summed E-state index contributed by atoms with van der Waals surface area (Å²) in [5, 5.41) is 13.7. The lowest BCUT2D eigenvalue weighted by Gasteiger charge is -2.32. The van der Waals surface area contributed by atoms with Gasteiger partial charge in [0.1, 0.15) is 30.8 Å². The van der Waals surface area contributed by atoms with Crippen molar-refractivity contribution < 1.29 is 38.3 Å². The first-order chi connectivity index (χ1) is 23.8. The Labute approximate surface area is 294 Å². The van der Waals surface area contributed by atoms with Crippen LogP contribution in [-0.4, -0.2) is 122 Å². The van der Waals surface area contributed by atoms with E-state index in [0.717, 1.165) is 5.56 Å². The number of carbonyl (C=O) groups excluding carboxylic acids is 7. The Morgan fingerprint density at radius 1 is 0.940 bits per heavy atom. The average Bonchev–Trinajstić information content (AvgIpc) is 3.09. The molecule has 0 radical (unpaired) electrons. The highest BCUT2D eigenvalue weighted by molar-refractivity contribution is 5.96. The second kappa shape index (κ2) is 19.6. The maximum Gasteiger partial charge on any atom is 0.248 e. The monoisotopic (exact) mass is 699 g/mol. The van der Waals surface area contributed by atoms with Gasteiger partial charge in [-0.15, -0.1) is 0 Å². The van der Waals surface area contributed by atoms with Gasteiger partial charge >= 0.3 is 0 Å². The van der Waals surface area contributed by atoms with E-state index in [1.165, 1.54) is 18.9 Å². The number of piperidine rings is 1. The second-order valence-corrected chi connectivity index (χ2v) is 13.3. The number of rotatable bonds is 8. The van der Waals surface area contributed by atoms with Crippen LogP contribution in [0.5, 0.6) is 0 Å². The van der Waals surface area contributed by atoms with Crippen LogP contribution in [0.3, 0.4) is 0 Å². The number of nitrogens with zero attached hydrogens (tertiary/aromatic N) is 2. The van der Waals surface area contributed by atoms with E-state index in [1.54, 1.807) is 18.7 Å². The molecular formula is C35H53N7O8. The van der Waals surface area contributed by atoms with Gasteiger partial charge in [-0.1, -0.05) is 44.2 Å². The van der Waals surface area contributed by atoms with Crippen molar-refractivity contribution in [1.82, 2.24) is 36.4 Å². The summed E-state index contributed by atoms with van der Waals surface area (Å²) in [6.45, 7) is 7.86. The van der Waals surface area contributed by atoms with Crippen molar-refractivity contribution >= 4 is 41.4 Å². The summed E-state index contributed by atoms with van der Waals surface area (Å²) >= 11 is 0. The molecule has 2 heterocycles. The SMILES string of the molecule is CCOCC(=O)N1CCC(C(=O)N[C@H]2CCCNC(=O)CN(C)C(=O)[C@H](Cc3ccccc3)NC(=O)[C@@H](C)NC(=O)[C@@H](C(C)C)NC2=O)CC1. The maximum atomic E-state index is 13.7. The molecule has 0 aromatic heterocycles. The minimum Gasteiger partial charge on any atom is -0.372 e. The van der Waals surface area contributed by atoms with E-state index in [9.17, 15) is 33.6 Å². The summed E-state index contributed by atoms with van der Waals surface area (Å²) in [6.07, 6.45) is 1.48. The lowest BCUT2D eigenvalue weighted by Crippen LogP contribution is -2.59. The first-order valence-corrected chi connectivity index (χ1v) is 17.4. The third kappa shape index (κ3) is 12.1. The van der Waals surface area contributed by atoms with Crippen molar-refractivity contribution in [2.45, 2.75) is 84.0 Å². The lowest BCUT2D eigenvalue weighted by atomic mass is 9.95. The molecule has 2 saturated heterocycles. The Morgan fingerprint density at radius 2 is 1.62 bits per heavy atom. The van der Waals surface area contributed by atoms with E-state index < -0.39 is 59.6 Å². The molecule has 0 bridgehead atoms. The lowest BCUT2D eigenvalue weighted by molar-refractivity contribution is -0.140. The minimum absolute atomic E-state index is 0.0123. The summed E-state index contributed by atoms with van der Waals surface area (Å²) in [5.74, 6) is -3.96. The van der Waals surface area contributed by atoms with Crippen molar-refractivity contribution in [3.8, 4) is 0 Å². The second-order valence-electron chi connectivity index (χ2n) is 13.3. The van der Waals surface area contributed by atoms with E-state index in [1.807, 2.05) is 37.3 Å². The van der Waals surface area contributed by atoms with E-state index in [0.29, 0.717) is 39.0 Å². The summed E-state index contributed by atoms with van der Waals surface area (Å²) in [4.78, 5) is 95.3. The molecule has 1 aromatic carbocycles. The van der Waals surface area contributed by atoms with Gasteiger partial charge in [-0.2, -0.15) is 0 Å². The zero-order chi connectivity index (χ0) is 36.8. The van der Waals surface area contributed by atoms with Crippen molar-refractivity contribution in [2.75, 3.05) is 46.4 Å². The highest BCUT2D eigenvalue weighted by Crippen LogP contribution is 2.18. The summed E-state index contributed by atoms with van der Waals surface area (Å²) in [5.41, 5.74) is 0.796. The van der Waals surface area contributed by atoms with Gasteiger partial charge in [0.25, 0.3) is 0 Å². The number of ether oxygens (including phenoxy) is 1. The van der Waals surface area contributed by atoms with Gasteiger partial charge in [0.05, 0.1) is 6.54 Å². The van der Waals surface area contributed by atoms with E-state index in [-0.39, 0.29) is 50.3 Å². The van der Waals surface area contributed by atoms with Gasteiger partial charge in [-0.3, -0.25) is 33.6 Å². The zero-order valence-electron chi connectivity index (χ0n) is 29.8. The molecule has 5 N–H and O–H groups in total. The molecular weight excluding hydrogens is 646 g/mol. The van der Waals surface area contributed by atoms with E-state index in [2.05, 4.69) is 26.6 Å². The molecule has 50 heavy (non-hydrogen) atoms. The first kappa shape index (κ1) is 39.9. The molecule has 0 aliphatic carbocycles. The third-order valence-corrected chi connectivity index (χ3v) is 8.93. The van der Waals surface area contributed by atoms with Crippen molar-refractivity contribution in [2.24, 2.45) is 11.8 Å². The number of likely N-dealkylation sites (N-methyl/N-ethyl adjacent to an activating group) is 1. The molecule has 15 heteroatoms. The Kier molecular flexibility index (Phi) is 15.6.